The molecule has 0 amide bonds. The maximum Gasteiger partial charge on any atom is 0.345 e. The number of halogens is 1. The highest BCUT2D eigenvalue weighted by Crippen LogP contribution is 2.31. The molecule has 0 aliphatic rings. The van der Waals surface area contributed by atoms with Crippen molar-refractivity contribution >= 4 is 28.5 Å². The van der Waals surface area contributed by atoms with Crippen LogP contribution in [0.3, 0.4) is 0 Å². The van der Waals surface area contributed by atoms with Crippen molar-refractivity contribution in [3.05, 3.63) is 71.4 Å². The fourth-order valence-corrected chi connectivity index (χ4v) is 3.16. The average molecular weight is 370 g/mol. The van der Waals surface area contributed by atoms with Gasteiger partial charge in [-0.3, -0.25) is 4.98 Å². The topological polar surface area (TPSA) is 59.4 Å². The van der Waals surface area contributed by atoms with Gasteiger partial charge in [0.05, 0.1) is 5.02 Å². The lowest BCUT2D eigenvalue weighted by Gasteiger charge is -2.22. The van der Waals surface area contributed by atoms with E-state index < -0.39 is 12.1 Å². The molecule has 1 heterocycles. The van der Waals surface area contributed by atoms with Gasteiger partial charge in [0.25, 0.3) is 0 Å². The van der Waals surface area contributed by atoms with Crippen LogP contribution in [0.4, 0.5) is 0 Å². The van der Waals surface area contributed by atoms with Crippen molar-refractivity contribution in [1.29, 1.82) is 0 Å². The van der Waals surface area contributed by atoms with Gasteiger partial charge in [-0.1, -0.05) is 48.9 Å². The van der Waals surface area contributed by atoms with Crippen molar-refractivity contribution in [1.82, 2.24) is 4.98 Å². The van der Waals surface area contributed by atoms with E-state index in [0.717, 1.165) is 11.8 Å². The van der Waals surface area contributed by atoms with Gasteiger partial charge in [0, 0.05) is 17.5 Å². The second kappa shape index (κ2) is 8.19. The van der Waals surface area contributed by atoms with Crippen molar-refractivity contribution in [2.45, 2.75) is 25.9 Å². The van der Waals surface area contributed by atoms with Crippen molar-refractivity contribution in [3.8, 4) is 5.75 Å². The van der Waals surface area contributed by atoms with Crippen LogP contribution >= 0.6 is 11.6 Å². The van der Waals surface area contributed by atoms with E-state index >= 15 is 0 Å². The molecule has 5 heteroatoms. The molecule has 134 valence electrons. The molecule has 0 fully saturated rings. The Morgan fingerprint density at radius 1 is 1.15 bits per heavy atom. The molecule has 1 N–H and O–H groups in total. The molecule has 0 radical (unpaired) electrons. The molecule has 3 rings (SSSR count). The van der Waals surface area contributed by atoms with Crippen LogP contribution in [0.1, 0.15) is 18.9 Å². The first-order valence-electron chi connectivity index (χ1n) is 8.53. The summed E-state index contributed by atoms with van der Waals surface area (Å²) >= 11 is 6.20. The zero-order chi connectivity index (χ0) is 18.5. The van der Waals surface area contributed by atoms with Gasteiger partial charge in [-0.05, 0) is 42.7 Å². The van der Waals surface area contributed by atoms with Crippen LogP contribution in [-0.2, 0) is 11.2 Å². The minimum Gasteiger partial charge on any atom is -0.478 e. The largest absolute Gasteiger partial charge is 0.478 e. The van der Waals surface area contributed by atoms with Crippen LogP contribution in [0.5, 0.6) is 5.75 Å². The van der Waals surface area contributed by atoms with E-state index in [1.165, 1.54) is 5.56 Å². The molecule has 0 aliphatic heterocycles. The standard InChI is InChI=1S/C21H20ClNO3/c1-14(9-10-15-6-3-2-4-7-15)20(21(24)25)26-18-12-11-17(22)16-8-5-13-23-19(16)18/h2-8,11-14,20H,9-10H2,1H3,(H,24,25). The summed E-state index contributed by atoms with van der Waals surface area (Å²) in [7, 11) is 0. The van der Waals surface area contributed by atoms with Crippen LogP contribution in [0.25, 0.3) is 10.9 Å². The number of hydrogen-bond acceptors (Lipinski definition) is 3. The number of benzene rings is 2. The monoisotopic (exact) mass is 369 g/mol. The highest BCUT2D eigenvalue weighted by Gasteiger charge is 2.27. The van der Waals surface area contributed by atoms with E-state index in [1.54, 1.807) is 24.4 Å². The maximum atomic E-state index is 11.8. The summed E-state index contributed by atoms with van der Waals surface area (Å²) in [6.07, 6.45) is 2.19. The third-order valence-corrected chi connectivity index (χ3v) is 4.75. The third kappa shape index (κ3) is 4.14. The molecule has 0 saturated heterocycles. The van der Waals surface area contributed by atoms with Gasteiger partial charge in [-0.25, -0.2) is 4.79 Å². The van der Waals surface area contributed by atoms with Gasteiger partial charge in [0.15, 0.2) is 6.10 Å². The van der Waals surface area contributed by atoms with Gasteiger partial charge in [-0.2, -0.15) is 0 Å². The summed E-state index contributed by atoms with van der Waals surface area (Å²) in [5.74, 6) is -0.712. The Morgan fingerprint density at radius 3 is 2.65 bits per heavy atom. The molecule has 4 nitrogen and oxygen atoms in total. The number of nitrogens with zero attached hydrogens (tertiary/aromatic N) is 1. The zero-order valence-electron chi connectivity index (χ0n) is 14.4. The van der Waals surface area contributed by atoms with Crippen molar-refractivity contribution in [2.24, 2.45) is 5.92 Å². The summed E-state index contributed by atoms with van der Waals surface area (Å²) < 4.78 is 5.87. The number of aryl methyl sites for hydroxylation is 1. The molecule has 0 spiro atoms. The number of ether oxygens (including phenoxy) is 1. The fraction of sp³-hybridized carbons (Fsp3) is 0.238. The summed E-state index contributed by atoms with van der Waals surface area (Å²) in [4.78, 5) is 16.1. The number of rotatable bonds is 7. The molecular formula is C21H20ClNO3. The molecule has 26 heavy (non-hydrogen) atoms. The second-order valence-electron chi connectivity index (χ2n) is 6.32. The smallest absolute Gasteiger partial charge is 0.345 e. The van der Waals surface area contributed by atoms with Crippen LogP contribution in [0, 0.1) is 5.92 Å². The van der Waals surface area contributed by atoms with E-state index in [1.807, 2.05) is 43.3 Å². The van der Waals surface area contributed by atoms with Gasteiger partial charge in [-0.15, -0.1) is 0 Å². The molecule has 0 bridgehead atoms. The normalized spacial score (nSPS) is 13.3. The Balaban J connectivity index is 1.79. The van der Waals surface area contributed by atoms with E-state index in [4.69, 9.17) is 16.3 Å². The van der Waals surface area contributed by atoms with E-state index in [9.17, 15) is 9.90 Å². The number of aromatic nitrogens is 1. The predicted octanol–water partition coefficient (Wildman–Crippen LogP) is 4.99. The highest BCUT2D eigenvalue weighted by molar-refractivity contribution is 6.35. The molecule has 2 unspecified atom stereocenters. The SMILES string of the molecule is CC(CCc1ccccc1)C(Oc1ccc(Cl)c2cccnc12)C(=O)O. The minimum atomic E-state index is -0.982. The molecular weight excluding hydrogens is 350 g/mol. The summed E-state index contributed by atoms with van der Waals surface area (Å²) in [6, 6.07) is 17.0. The third-order valence-electron chi connectivity index (χ3n) is 4.42. The number of aliphatic carboxylic acids is 1. The van der Waals surface area contributed by atoms with E-state index in [-0.39, 0.29) is 5.92 Å². The Hall–Kier alpha value is -2.59. The number of fused-ring (bicyclic) bond motifs is 1. The molecule has 3 aromatic rings. The molecule has 0 aliphatic carbocycles. The number of carboxylic acid groups (broad SMARTS) is 1. The first-order chi connectivity index (χ1) is 12.6. The first-order valence-corrected chi connectivity index (χ1v) is 8.90. The molecule has 1 aromatic heterocycles. The first kappa shape index (κ1) is 18.2. The summed E-state index contributed by atoms with van der Waals surface area (Å²) in [5, 5.41) is 11.0. The lowest BCUT2D eigenvalue weighted by molar-refractivity contribution is -0.147. The van der Waals surface area contributed by atoms with E-state index in [0.29, 0.717) is 22.7 Å². The Kier molecular flexibility index (Phi) is 5.74. The highest BCUT2D eigenvalue weighted by atomic mass is 35.5. The van der Waals surface area contributed by atoms with Gasteiger partial charge >= 0.3 is 5.97 Å². The van der Waals surface area contributed by atoms with Crippen LogP contribution in [-0.4, -0.2) is 22.2 Å². The second-order valence-corrected chi connectivity index (χ2v) is 6.73. The van der Waals surface area contributed by atoms with Crippen molar-refractivity contribution < 1.29 is 14.6 Å². The van der Waals surface area contributed by atoms with E-state index in [2.05, 4.69) is 4.98 Å². The number of carbonyl (C=O) groups is 1. The predicted molar refractivity (Wildman–Crippen MR) is 103 cm³/mol. The Labute approximate surface area is 157 Å². The number of hydrogen-bond donors (Lipinski definition) is 1. The zero-order valence-corrected chi connectivity index (χ0v) is 15.2. The van der Waals surface area contributed by atoms with Gasteiger partial charge in [0.1, 0.15) is 11.3 Å². The quantitative estimate of drug-likeness (QED) is 0.637. The summed E-state index contributed by atoms with van der Waals surface area (Å²) in [5.41, 5.74) is 1.75. The van der Waals surface area contributed by atoms with Crippen molar-refractivity contribution in [3.63, 3.8) is 0 Å². The fourth-order valence-electron chi connectivity index (χ4n) is 2.94. The Morgan fingerprint density at radius 2 is 1.92 bits per heavy atom. The number of pyridine rings is 1. The summed E-state index contributed by atoms with van der Waals surface area (Å²) in [6.45, 7) is 1.90. The lowest BCUT2D eigenvalue weighted by atomic mass is 9.96. The minimum absolute atomic E-state index is 0.165. The molecule has 0 saturated carbocycles. The van der Waals surface area contributed by atoms with Crippen LogP contribution in [0.15, 0.2) is 60.8 Å². The van der Waals surface area contributed by atoms with Gasteiger partial charge in [0.2, 0.25) is 0 Å². The number of carboxylic acids is 1. The maximum absolute atomic E-state index is 11.8. The van der Waals surface area contributed by atoms with Gasteiger partial charge < -0.3 is 9.84 Å². The average Bonchev–Trinajstić information content (AvgIpc) is 2.66. The molecule has 2 atom stereocenters. The Bertz CT molecular complexity index is 898. The van der Waals surface area contributed by atoms with Crippen molar-refractivity contribution in [2.75, 3.05) is 0 Å². The molecule has 2 aromatic carbocycles. The van der Waals surface area contributed by atoms with Crippen LogP contribution < -0.4 is 4.74 Å². The van der Waals surface area contributed by atoms with Crippen LogP contribution in [0.2, 0.25) is 5.02 Å². The lowest BCUT2D eigenvalue weighted by Crippen LogP contribution is -2.34.